The predicted octanol–water partition coefficient (Wildman–Crippen LogP) is 16.6. The molecule has 0 heteroatoms. The maximum absolute atomic E-state index is 2.60. The van der Waals surface area contributed by atoms with E-state index in [1.54, 1.807) is 0 Å². The third kappa shape index (κ3) is 4.36. The molecule has 0 unspecified atom stereocenters. The maximum atomic E-state index is 2.60. The molecule has 0 radical (unpaired) electrons. The molecule has 0 amide bonds. The summed E-state index contributed by atoms with van der Waals surface area (Å²) >= 11 is 0. The molecule has 0 aliphatic heterocycles. The molecule has 0 spiro atoms. The van der Waals surface area contributed by atoms with Gasteiger partial charge in [-0.15, -0.1) is 0 Å². The first-order valence-corrected chi connectivity index (χ1v) is 21.4. The Hall–Kier alpha value is -7.02. The summed E-state index contributed by atoms with van der Waals surface area (Å²) in [7, 11) is 0. The van der Waals surface area contributed by atoms with Crippen molar-refractivity contribution in [3.63, 3.8) is 0 Å². The summed E-state index contributed by atoms with van der Waals surface area (Å²) in [5.41, 5.74) is 15.8. The van der Waals surface area contributed by atoms with E-state index >= 15 is 0 Å². The van der Waals surface area contributed by atoms with Gasteiger partial charge in [0, 0.05) is 10.8 Å². The van der Waals surface area contributed by atoms with Crippen molar-refractivity contribution in [3.05, 3.63) is 204 Å². The van der Waals surface area contributed by atoms with Gasteiger partial charge in [0.05, 0.1) is 0 Å². The van der Waals surface area contributed by atoms with Crippen LogP contribution in [0.15, 0.2) is 182 Å². The first-order chi connectivity index (χ1) is 29.3. The lowest BCUT2D eigenvalue weighted by Crippen LogP contribution is -2.15. The van der Waals surface area contributed by atoms with Gasteiger partial charge >= 0.3 is 0 Å². The van der Waals surface area contributed by atoms with Crippen LogP contribution in [-0.2, 0) is 10.8 Å². The topological polar surface area (TPSA) is 0 Å². The van der Waals surface area contributed by atoms with Crippen molar-refractivity contribution in [2.75, 3.05) is 0 Å². The molecule has 13 rings (SSSR count). The lowest BCUT2D eigenvalue weighted by Gasteiger charge is -2.26. The summed E-state index contributed by atoms with van der Waals surface area (Å²) in [5.74, 6) is 0. The molecule has 0 fully saturated rings. The molecule has 282 valence electrons. The molecular formula is C60H42. The van der Waals surface area contributed by atoms with Crippen LogP contribution in [0.1, 0.15) is 49.9 Å². The number of rotatable bonds is 2. The lowest BCUT2D eigenvalue weighted by atomic mass is 9.77. The molecular weight excluding hydrogens is 721 g/mol. The fourth-order valence-corrected chi connectivity index (χ4v) is 11.7. The van der Waals surface area contributed by atoms with E-state index in [0.29, 0.717) is 0 Å². The molecule has 0 bridgehead atoms. The smallest absolute Gasteiger partial charge is 0.0159 e. The minimum Gasteiger partial charge on any atom is -0.0619 e. The van der Waals surface area contributed by atoms with Crippen molar-refractivity contribution in [1.29, 1.82) is 0 Å². The molecule has 0 atom stereocenters. The van der Waals surface area contributed by atoms with E-state index in [1.165, 1.54) is 131 Å². The lowest BCUT2D eigenvalue weighted by molar-refractivity contribution is 0.661. The van der Waals surface area contributed by atoms with Crippen LogP contribution in [0.25, 0.3) is 109 Å². The van der Waals surface area contributed by atoms with Crippen LogP contribution in [-0.4, -0.2) is 0 Å². The number of benzene rings is 11. The molecule has 60 heavy (non-hydrogen) atoms. The third-order valence-corrected chi connectivity index (χ3v) is 14.6. The summed E-state index contributed by atoms with van der Waals surface area (Å²) < 4.78 is 0. The van der Waals surface area contributed by atoms with E-state index in [2.05, 4.69) is 210 Å². The highest BCUT2D eigenvalue weighted by atomic mass is 14.4. The van der Waals surface area contributed by atoms with Gasteiger partial charge in [0.25, 0.3) is 0 Å². The first-order valence-electron chi connectivity index (χ1n) is 21.4. The average Bonchev–Trinajstić information content (AvgIpc) is 3.65. The Morgan fingerprint density at radius 2 is 0.567 bits per heavy atom. The van der Waals surface area contributed by atoms with Crippen molar-refractivity contribution >= 4 is 64.6 Å². The van der Waals surface area contributed by atoms with Gasteiger partial charge in [0.2, 0.25) is 0 Å². The Labute approximate surface area is 350 Å². The third-order valence-electron chi connectivity index (χ3n) is 14.6. The molecule has 0 heterocycles. The molecule has 0 aromatic heterocycles. The van der Waals surface area contributed by atoms with Crippen LogP contribution in [0, 0.1) is 0 Å². The Kier molecular flexibility index (Phi) is 6.67. The summed E-state index contributed by atoms with van der Waals surface area (Å²) in [4.78, 5) is 0. The average molecular weight is 763 g/mol. The normalized spacial score (nSPS) is 14.6. The molecule has 2 aliphatic rings. The van der Waals surface area contributed by atoms with Crippen LogP contribution in [0.4, 0.5) is 0 Å². The molecule has 0 nitrogen and oxygen atoms in total. The van der Waals surface area contributed by atoms with Crippen LogP contribution >= 0.6 is 0 Å². The second-order valence-corrected chi connectivity index (χ2v) is 18.4. The van der Waals surface area contributed by atoms with E-state index in [-0.39, 0.29) is 10.8 Å². The second kappa shape index (κ2) is 11.8. The summed E-state index contributed by atoms with van der Waals surface area (Å²) in [6.45, 7) is 9.67. The van der Waals surface area contributed by atoms with Gasteiger partial charge in [0.1, 0.15) is 0 Å². The minimum atomic E-state index is -0.158. The van der Waals surface area contributed by atoms with Gasteiger partial charge in [-0.05, 0) is 168 Å². The molecule has 2 aliphatic carbocycles. The number of hydrogen-bond acceptors (Lipinski definition) is 0. The highest BCUT2D eigenvalue weighted by molar-refractivity contribution is 6.29. The Bertz CT molecular complexity index is 3580. The van der Waals surface area contributed by atoms with Crippen molar-refractivity contribution in [1.82, 2.24) is 0 Å². The largest absolute Gasteiger partial charge is 0.0619 e. The first kappa shape index (κ1) is 33.9. The minimum absolute atomic E-state index is 0.158. The monoisotopic (exact) mass is 762 g/mol. The fourth-order valence-electron chi connectivity index (χ4n) is 11.7. The summed E-state index contributed by atoms with van der Waals surface area (Å²) in [6.07, 6.45) is 0. The van der Waals surface area contributed by atoms with Crippen LogP contribution in [0.3, 0.4) is 0 Å². The Balaban J connectivity index is 1.31. The standard InChI is InChI=1S/C60H42/c1-59(2)53-27-15-13-25-43(53)45-31-49-51(33-55(45)59)58(48-30-36-18-6-8-20-38(36)40-22-10-12-24-42(40)48)52-34-56-46(44-26-14-16-28-54(44)60(56,3)4)32-50(52)57(49)47-29-35-17-5-7-19-37(35)39-21-9-11-23-41(39)47/h5-34H,1-4H3. The predicted molar refractivity (Wildman–Crippen MR) is 257 cm³/mol. The van der Waals surface area contributed by atoms with Crippen LogP contribution < -0.4 is 0 Å². The zero-order valence-electron chi connectivity index (χ0n) is 34.3. The summed E-state index contributed by atoms with van der Waals surface area (Å²) in [6, 6.07) is 69.5. The summed E-state index contributed by atoms with van der Waals surface area (Å²) in [5, 5.41) is 15.5. The second-order valence-electron chi connectivity index (χ2n) is 18.4. The van der Waals surface area contributed by atoms with E-state index in [0.717, 1.165) is 0 Å². The van der Waals surface area contributed by atoms with Crippen molar-refractivity contribution < 1.29 is 0 Å². The van der Waals surface area contributed by atoms with E-state index in [1.807, 2.05) is 0 Å². The van der Waals surface area contributed by atoms with Crippen LogP contribution in [0.2, 0.25) is 0 Å². The molecule has 0 saturated heterocycles. The Morgan fingerprint density at radius 1 is 0.233 bits per heavy atom. The van der Waals surface area contributed by atoms with Gasteiger partial charge < -0.3 is 0 Å². The van der Waals surface area contributed by atoms with Gasteiger partial charge in [-0.1, -0.05) is 173 Å². The fraction of sp³-hybridized carbons (Fsp3) is 0.100. The highest BCUT2D eigenvalue weighted by Crippen LogP contribution is 2.57. The zero-order valence-corrected chi connectivity index (χ0v) is 34.3. The van der Waals surface area contributed by atoms with Gasteiger partial charge in [-0.3, -0.25) is 0 Å². The number of fused-ring (bicyclic) bond motifs is 14. The Morgan fingerprint density at radius 3 is 1.00 bits per heavy atom. The van der Waals surface area contributed by atoms with Gasteiger partial charge in [-0.25, -0.2) is 0 Å². The highest BCUT2D eigenvalue weighted by Gasteiger charge is 2.39. The van der Waals surface area contributed by atoms with Crippen molar-refractivity contribution in [2.45, 2.75) is 38.5 Å². The SMILES string of the molecule is CC1(C)c2ccccc2-c2cc3c(-c4cc5ccccc5c5ccccc45)c4cc5c(cc4c(-c4cc6ccccc6c6ccccc46)c3cc21)C(C)(C)c1ccccc1-5. The molecule has 11 aromatic carbocycles. The molecule has 0 saturated carbocycles. The quantitative estimate of drug-likeness (QED) is 0.122. The maximum Gasteiger partial charge on any atom is 0.0159 e. The molecule has 11 aromatic rings. The zero-order chi connectivity index (χ0) is 40.1. The van der Waals surface area contributed by atoms with Crippen molar-refractivity contribution in [2.24, 2.45) is 0 Å². The van der Waals surface area contributed by atoms with Crippen LogP contribution in [0.5, 0.6) is 0 Å². The van der Waals surface area contributed by atoms with Gasteiger partial charge in [0.15, 0.2) is 0 Å². The van der Waals surface area contributed by atoms with Crippen molar-refractivity contribution in [3.8, 4) is 44.5 Å². The molecule has 0 N–H and O–H groups in total. The van der Waals surface area contributed by atoms with E-state index in [9.17, 15) is 0 Å². The van der Waals surface area contributed by atoms with Gasteiger partial charge in [-0.2, -0.15) is 0 Å². The number of hydrogen-bond donors (Lipinski definition) is 0. The van der Waals surface area contributed by atoms with E-state index < -0.39 is 0 Å². The van der Waals surface area contributed by atoms with E-state index in [4.69, 9.17) is 0 Å².